The van der Waals surface area contributed by atoms with Crippen molar-refractivity contribution in [2.45, 2.75) is 84.7 Å². The lowest BCUT2D eigenvalue weighted by Crippen LogP contribution is -2.51. The van der Waals surface area contributed by atoms with Gasteiger partial charge in [0.05, 0.1) is 55.1 Å². The largest absolute Gasteiger partial charge is 0.488 e. The van der Waals surface area contributed by atoms with Gasteiger partial charge in [-0.3, -0.25) is 9.59 Å². The number of nitrogens with one attached hydrogen (secondary N) is 3. The van der Waals surface area contributed by atoms with E-state index >= 15 is 0 Å². The van der Waals surface area contributed by atoms with E-state index < -0.39 is 12.1 Å². The Balaban J connectivity index is 1.06. The van der Waals surface area contributed by atoms with Crippen LogP contribution in [0.1, 0.15) is 83.2 Å². The lowest BCUT2D eigenvalue weighted by atomic mass is 9.92. The van der Waals surface area contributed by atoms with Gasteiger partial charge in [-0.05, 0) is 84.4 Å². The molecule has 3 aliphatic rings. The van der Waals surface area contributed by atoms with Crippen molar-refractivity contribution in [2.24, 2.45) is 17.8 Å². The van der Waals surface area contributed by atoms with Crippen LogP contribution >= 0.6 is 0 Å². The van der Waals surface area contributed by atoms with E-state index in [-0.39, 0.29) is 47.7 Å². The lowest BCUT2D eigenvalue weighted by molar-refractivity contribution is -0.135. The maximum atomic E-state index is 13.9. The van der Waals surface area contributed by atoms with Crippen molar-refractivity contribution in [2.75, 3.05) is 27.4 Å². The smallest absolute Gasteiger partial charge is 0.407 e. The van der Waals surface area contributed by atoms with E-state index in [1.165, 1.54) is 7.11 Å². The minimum Gasteiger partial charge on any atom is -0.488 e. The molecule has 5 heterocycles. The highest BCUT2D eigenvalue weighted by atomic mass is 16.5. The first-order valence-electron chi connectivity index (χ1n) is 20.0. The number of aromatic amines is 2. The fourth-order valence-electron chi connectivity index (χ4n) is 8.95. The highest BCUT2D eigenvalue weighted by Crippen LogP contribution is 2.44. The van der Waals surface area contributed by atoms with Crippen LogP contribution in [-0.4, -0.2) is 87.1 Å². The molecule has 299 valence electrons. The summed E-state index contributed by atoms with van der Waals surface area (Å²) in [5, 5.41) is 4.82. The van der Waals surface area contributed by atoms with Gasteiger partial charge in [0.15, 0.2) is 0 Å². The summed E-state index contributed by atoms with van der Waals surface area (Å²) in [6.45, 7) is 11.4. The number of methoxy groups -OCH3 is 2. The first-order chi connectivity index (χ1) is 27.4. The van der Waals surface area contributed by atoms with E-state index in [1.807, 2.05) is 49.8 Å². The van der Waals surface area contributed by atoms with Gasteiger partial charge in [-0.2, -0.15) is 0 Å². The third-order valence-electron chi connectivity index (χ3n) is 11.8. The van der Waals surface area contributed by atoms with Gasteiger partial charge in [-0.25, -0.2) is 14.8 Å². The third-order valence-corrected chi connectivity index (χ3v) is 11.8. The number of benzene rings is 3. The van der Waals surface area contributed by atoms with E-state index in [0.717, 1.165) is 74.2 Å². The molecule has 0 unspecified atom stereocenters. The Bertz CT molecular complexity index is 2330. The normalized spacial score (nSPS) is 20.9. The molecule has 57 heavy (non-hydrogen) atoms. The number of alkyl carbamates (subject to hydrolysis) is 1. The standard InChI is InChI=1S/C44H52N7O6/c1-23(2)14-38(52)51-25(5)8-13-35(51)42-46-33-12-10-27-17-32-30-11-9-28(16-29(30)22-57-37(32)18-31(27)40(33)48-42)34-19-45-41(47-34)36-15-26(21-55-6)20-50(36)43(53)39(24(3)4)49-44(54)56-7/h9-12,14,16-19,23-26,35-36,39H,8,13,15,20-22H2,1-7H3,(H,45,47)(H,46,48)(H,49,54)/t25-,26-,35-,36-,39-/m0/s1. The minimum atomic E-state index is -0.739. The number of hydrogen-bond acceptors (Lipinski definition) is 8. The van der Waals surface area contributed by atoms with Crippen LogP contribution in [0.2, 0.25) is 0 Å². The topological polar surface area (TPSA) is 155 Å². The summed E-state index contributed by atoms with van der Waals surface area (Å²) in [6, 6.07) is 13.8. The Hall–Kier alpha value is -5.43. The molecule has 3 amide bonds. The van der Waals surface area contributed by atoms with Gasteiger partial charge < -0.3 is 39.3 Å². The summed E-state index contributed by atoms with van der Waals surface area (Å²) in [7, 11) is 2.96. The molecule has 2 saturated heterocycles. The van der Waals surface area contributed by atoms with Gasteiger partial charge in [0.1, 0.15) is 30.0 Å². The van der Waals surface area contributed by atoms with Gasteiger partial charge in [0, 0.05) is 36.6 Å². The van der Waals surface area contributed by atoms with Crippen molar-refractivity contribution in [3.63, 3.8) is 0 Å². The number of carbonyl (C=O) groups excluding carboxylic acids is 3. The Labute approximate surface area is 332 Å². The summed E-state index contributed by atoms with van der Waals surface area (Å²) < 4.78 is 16.7. The molecule has 13 nitrogen and oxygen atoms in total. The minimum absolute atomic E-state index is 0.0669. The summed E-state index contributed by atoms with van der Waals surface area (Å²) in [5.74, 6) is 2.37. The molecule has 2 aromatic heterocycles. The molecular formula is C44H52N7O6. The number of carbonyl (C=O) groups is 3. The van der Waals surface area contributed by atoms with Crippen molar-refractivity contribution in [1.29, 1.82) is 0 Å². The predicted molar refractivity (Wildman–Crippen MR) is 217 cm³/mol. The second-order valence-electron chi connectivity index (χ2n) is 16.5. The average Bonchev–Trinajstić information content (AvgIpc) is 4.01. The number of fused-ring (bicyclic) bond motifs is 6. The average molecular weight is 775 g/mol. The number of aromatic nitrogens is 4. The number of H-pyrrole nitrogens is 2. The summed E-state index contributed by atoms with van der Waals surface area (Å²) in [4.78, 5) is 60.0. The lowest BCUT2D eigenvalue weighted by Gasteiger charge is -2.30. The van der Waals surface area contributed by atoms with Gasteiger partial charge in [0.2, 0.25) is 11.8 Å². The maximum Gasteiger partial charge on any atom is 0.407 e. The van der Waals surface area contributed by atoms with Crippen LogP contribution in [0.5, 0.6) is 5.75 Å². The molecular weight excluding hydrogens is 723 g/mol. The molecule has 1 radical (unpaired) electrons. The Morgan fingerprint density at radius 2 is 1.82 bits per heavy atom. The molecule has 0 bridgehead atoms. The summed E-state index contributed by atoms with van der Waals surface area (Å²) in [6.07, 6.45) is 5.47. The number of rotatable bonds is 10. The molecule has 5 aromatic rings. The van der Waals surface area contributed by atoms with Gasteiger partial charge >= 0.3 is 6.09 Å². The first kappa shape index (κ1) is 38.4. The summed E-state index contributed by atoms with van der Waals surface area (Å²) in [5.41, 5.74) is 6.80. The molecule has 0 aliphatic carbocycles. The van der Waals surface area contributed by atoms with Crippen molar-refractivity contribution < 1.29 is 28.6 Å². The molecule has 2 fully saturated rings. The fourth-order valence-corrected chi connectivity index (χ4v) is 8.95. The number of likely N-dealkylation sites (tertiary alicyclic amines) is 2. The van der Waals surface area contributed by atoms with E-state index in [0.29, 0.717) is 32.0 Å². The van der Waals surface area contributed by atoms with Crippen molar-refractivity contribution in [3.05, 3.63) is 72.3 Å². The van der Waals surface area contributed by atoms with Crippen molar-refractivity contribution in [3.8, 4) is 28.1 Å². The quantitative estimate of drug-likeness (QED) is 0.132. The SMILES string of the molecule is COC[C@H]1C[C@@H](c2ncc(-c3ccc4c(c3)COc3cc5c(ccc6nc([C@@H]7CC[C@H](C)N7C(=O)[CH]C(C)C)[nH]c65)cc3-4)[nH]2)N(C(=O)[C@@H](NC(=O)OC)C(C)C)C1. The Morgan fingerprint density at radius 3 is 2.58 bits per heavy atom. The molecule has 3 N–H and O–H groups in total. The second-order valence-corrected chi connectivity index (χ2v) is 16.5. The number of imidazole rings is 2. The molecule has 0 saturated carbocycles. The Kier molecular flexibility index (Phi) is 10.4. The highest BCUT2D eigenvalue weighted by molar-refractivity contribution is 6.07. The molecule has 3 aliphatic heterocycles. The van der Waals surface area contributed by atoms with Gasteiger partial charge in [-0.15, -0.1) is 0 Å². The number of hydrogen-bond donors (Lipinski definition) is 3. The van der Waals surface area contributed by atoms with Gasteiger partial charge in [0.25, 0.3) is 0 Å². The van der Waals surface area contributed by atoms with Gasteiger partial charge in [-0.1, -0.05) is 45.9 Å². The van der Waals surface area contributed by atoms with Crippen molar-refractivity contribution >= 4 is 39.7 Å². The van der Waals surface area contributed by atoms with Crippen LogP contribution in [0, 0.1) is 24.2 Å². The van der Waals surface area contributed by atoms with Crippen LogP contribution in [0.25, 0.3) is 44.2 Å². The molecule has 5 atom stereocenters. The van der Waals surface area contributed by atoms with E-state index in [4.69, 9.17) is 24.2 Å². The zero-order valence-corrected chi connectivity index (χ0v) is 33.7. The molecule has 3 aromatic carbocycles. The summed E-state index contributed by atoms with van der Waals surface area (Å²) >= 11 is 0. The van der Waals surface area contributed by atoms with Crippen LogP contribution in [0.4, 0.5) is 4.79 Å². The maximum absolute atomic E-state index is 13.9. The van der Waals surface area contributed by atoms with E-state index in [2.05, 4.69) is 58.6 Å². The Morgan fingerprint density at radius 1 is 1.00 bits per heavy atom. The third kappa shape index (κ3) is 7.22. The van der Waals surface area contributed by atoms with E-state index in [1.54, 1.807) is 13.5 Å². The molecule has 8 rings (SSSR count). The zero-order chi connectivity index (χ0) is 40.1. The van der Waals surface area contributed by atoms with E-state index in [9.17, 15) is 14.4 Å². The molecule has 0 spiro atoms. The molecule has 13 heteroatoms. The first-order valence-corrected chi connectivity index (χ1v) is 20.0. The highest BCUT2D eigenvalue weighted by Gasteiger charge is 2.42. The predicted octanol–water partition coefficient (Wildman–Crippen LogP) is 7.49. The van der Waals surface area contributed by atoms with Crippen molar-refractivity contribution in [1.82, 2.24) is 35.1 Å². The zero-order valence-electron chi connectivity index (χ0n) is 33.7. The monoisotopic (exact) mass is 774 g/mol. The van der Waals surface area contributed by atoms with Crippen LogP contribution < -0.4 is 10.1 Å². The fraction of sp³-hybridized carbons (Fsp3) is 0.455. The number of nitrogens with zero attached hydrogens (tertiary/aromatic N) is 4. The van der Waals surface area contributed by atoms with Crippen LogP contribution in [0.3, 0.4) is 0 Å². The number of ether oxygens (including phenoxy) is 3. The second kappa shape index (κ2) is 15.5. The van der Waals surface area contributed by atoms with Crippen LogP contribution in [-0.2, 0) is 25.7 Å². The van der Waals surface area contributed by atoms with Crippen LogP contribution in [0.15, 0.2) is 48.7 Å². The number of amides is 3.